The summed E-state index contributed by atoms with van der Waals surface area (Å²) in [7, 11) is -4.39. The summed E-state index contributed by atoms with van der Waals surface area (Å²) in [5.41, 5.74) is 0.387. The van der Waals surface area contributed by atoms with E-state index in [1.54, 1.807) is 0 Å². The topological polar surface area (TPSA) is 87.0 Å². The molecule has 0 spiro atoms. The molecule has 4 saturated carbocycles. The third-order valence-electron chi connectivity index (χ3n) is 8.85. The molecule has 6 heteroatoms. The highest BCUT2D eigenvalue weighted by Crippen LogP contribution is 2.66. The molecule has 0 radical (unpaired) electrons. The molecule has 4 aliphatic rings. The van der Waals surface area contributed by atoms with Crippen LogP contribution in [0.2, 0.25) is 0 Å². The normalized spacial score (nSPS) is 53.0. The molecule has 4 aliphatic carbocycles. The predicted molar refractivity (Wildman–Crippen MR) is 94.7 cm³/mol. The molecule has 0 heterocycles. The zero-order valence-electron chi connectivity index (χ0n) is 15.4. The van der Waals surface area contributed by atoms with Crippen molar-refractivity contribution in [3.8, 4) is 0 Å². The van der Waals surface area contributed by atoms with Gasteiger partial charge in [-0.05, 0) is 92.3 Å². The monoisotopic (exact) mass is 372 g/mol. The summed E-state index contributed by atoms with van der Waals surface area (Å²) in [6.07, 6.45) is 8.94. The third kappa shape index (κ3) is 2.95. The summed E-state index contributed by atoms with van der Waals surface area (Å²) < 4.78 is 16.2. The summed E-state index contributed by atoms with van der Waals surface area (Å²) in [6.45, 7) is 4.74. The van der Waals surface area contributed by atoms with Crippen LogP contribution >= 0.6 is 7.82 Å². The number of phosphoric ester groups is 1. The molecule has 0 aromatic rings. The highest BCUT2D eigenvalue weighted by atomic mass is 31.2. The van der Waals surface area contributed by atoms with Gasteiger partial charge < -0.3 is 14.9 Å². The maximum Gasteiger partial charge on any atom is 0.469 e. The van der Waals surface area contributed by atoms with Crippen molar-refractivity contribution in [3.63, 3.8) is 0 Å². The Labute approximate surface area is 150 Å². The van der Waals surface area contributed by atoms with E-state index in [9.17, 15) is 9.67 Å². The van der Waals surface area contributed by atoms with E-state index in [0.717, 1.165) is 44.4 Å². The second-order valence-electron chi connectivity index (χ2n) is 9.79. The molecule has 25 heavy (non-hydrogen) atoms. The molecule has 5 nitrogen and oxygen atoms in total. The highest BCUT2D eigenvalue weighted by Gasteiger charge is 2.60. The lowest BCUT2D eigenvalue weighted by atomic mass is 9.45. The van der Waals surface area contributed by atoms with Crippen LogP contribution in [0.1, 0.15) is 71.6 Å². The van der Waals surface area contributed by atoms with Crippen LogP contribution in [0.25, 0.3) is 0 Å². The van der Waals surface area contributed by atoms with Crippen molar-refractivity contribution in [2.45, 2.75) is 83.8 Å². The first-order chi connectivity index (χ1) is 11.6. The van der Waals surface area contributed by atoms with Crippen molar-refractivity contribution in [1.82, 2.24) is 0 Å². The van der Waals surface area contributed by atoms with Crippen molar-refractivity contribution < 1.29 is 24.0 Å². The maximum absolute atomic E-state index is 11.2. The first kappa shape index (κ1) is 18.4. The van der Waals surface area contributed by atoms with Crippen LogP contribution in [0.15, 0.2) is 0 Å². The zero-order chi connectivity index (χ0) is 18.0. The van der Waals surface area contributed by atoms with E-state index in [1.807, 2.05) is 0 Å². The highest BCUT2D eigenvalue weighted by molar-refractivity contribution is 7.46. The number of aliphatic hydroxyl groups is 1. The first-order valence-corrected chi connectivity index (χ1v) is 11.6. The Kier molecular flexibility index (Phi) is 4.45. The Morgan fingerprint density at radius 1 is 0.920 bits per heavy atom. The number of hydrogen-bond acceptors (Lipinski definition) is 3. The van der Waals surface area contributed by atoms with Gasteiger partial charge in [-0.25, -0.2) is 4.57 Å². The van der Waals surface area contributed by atoms with Crippen LogP contribution in [-0.2, 0) is 9.09 Å². The summed E-state index contributed by atoms with van der Waals surface area (Å²) in [5.74, 6) is 2.58. The van der Waals surface area contributed by atoms with E-state index in [0.29, 0.717) is 17.8 Å². The molecular weight excluding hydrogens is 339 g/mol. The van der Waals surface area contributed by atoms with Crippen LogP contribution in [0.3, 0.4) is 0 Å². The molecular formula is C19H33O5P. The molecule has 0 aromatic heterocycles. The van der Waals surface area contributed by atoms with E-state index >= 15 is 0 Å². The number of hydrogen-bond donors (Lipinski definition) is 3. The van der Waals surface area contributed by atoms with Crippen LogP contribution in [0, 0.1) is 34.5 Å². The Balaban J connectivity index is 1.52. The number of fused-ring (bicyclic) bond motifs is 5. The largest absolute Gasteiger partial charge is 0.469 e. The third-order valence-corrected chi connectivity index (χ3v) is 9.43. The second-order valence-corrected chi connectivity index (χ2v) is 11.0. The van der Waals surface area contributed by atoms with Crippen molar-refractivity contribution in [1.29, 1.82) is 0 Å². The van der Waals surface area contributed by atoms with Gasteiger partial charge in [0.25, 0.3) is 0 Å². The number of aliphatic hydroxyl groups excluding tert-OH is 1. The lowest BCUT2D eigenvalue weighted by Gasteiger charge is -2.60. The molecule has 3 N–H and O–H groups in total. The lowest BCUT2D eigenvalue weighted by molar-refractivity contribution is -0.132. The molecule has 0 aliphatic heterocycles. The van der Waals surface area contributed by atoms with Crippen molar-refractivity contribution in [2.75, 3.05) is 0 Å². The molecule has 4 rings (SSSR count). The molecule has 0 unspecified atom stereocenters. The second kappa shape index (κ2) is 6.04. The summed E-state index contributed by atoms with van der Waals surface area (Å²) in [5, 5.41) is 10.5. The lowest BCUT2D eigenvalue weighted by Crippen LogP contribution is -2.54. The van der Waals surface area contributed by atoms with Crippen LogP contribution in [0.5, 0.6) is 0 Å². The summed E-state index contributed by atoms with van der Waals surface area (Å²) in [6, 6.07) is 0. The fraction of sp³-hybridized carbons (Fsp3) is 1.00. The quantitative estimate of drug-likeness (QED) is 0.641. The predicted octanol–water partition coefficient (Wildman–Crippen LogP) is 3.87. The SMILES string of the molecule is C[C@]12CC[C@@H](OP(=O)(O)O)C[C@@H]1CC[C@@H]1[C@@H]2CC[C@]2(C)[C@@H](O)CC[C@@H]12. The average Bonchev–Trinajstić information content (AvgIpc) is 2.82. The van der Waals surface area contributed by atoms with Gasteiger partial charge in [-0.15, -0.1) is 0 Å². The van der Waals surface area contributed by atoms with Gasteiger partial charge in [0, 0.05) is 0 Å². The minimum Gasteiger partial charge on any atom is -0.393 e. The van der Waals surface area contributed by atoms with E-state index in [1.165, 1.54) is 19.3 Å². The van der Waals surface area contributed by atoms with E-state index in [-0.39, 0.29) is 23.0 Å². The molecule has 0 bridgehead atoms. The van der Waals surface area contributed by atoms with Crippen LogP contribution in [0.4, 0.5) is 0 Å². The van der Waals surface area contributed by atoms with Gasteiger partial charge >= 0.3 is 7.82 Å². The summed E-state index contributed by atoms with van der Waals surface area (Å²) in [4.78, 5) is 18.3. The average molecular weight is 372 g/mol. The van der Waals surface area contributed by atoms with Gasteiger partial charge in [0.1, 0.15) is 0 Å². The molecule has 4 fully saturated rings. The Bertz CT molecular complexity index is 576. The fourth-order valence-corrected chi connectivity index (χ4v) is 8.06. The molecule has 8 atom stereocenters. The van der Waals surface area contributed by atoms with Gasteiger partial charge in [-0.3, -0.25) is 4.52 Å². The van der Waals surface area contributed by atoms with Gasteiger partial charge in [0.05, 0.1) is 12.2 Å². The minimum absolute atomic E-state index is 0.116. The fourth-order valence-electron chi connectivity index (χ4n) is 7.48. The van der Waals surface area contributed by atoms with E-state index in [2.05, 4.69) is 13.8 Å². The Morgan fingerprint density at radius 2 is 1.60 bits per heavy atom. The standard InChI is InChI=1S/C19H33O5P/c1-18-9-7-13(24-25(21,22)23)11-12(18)3-4-14-15-5-6-17(20)19(15,2)10-8-16(14)18/h12-17,20H,3-11H2,1-2H3,(H2,21,22,23)/t12-,13+,14-,15-,16-,17-,18-,19-/m0/s1. The molecule has 0 aromatic carbocycles. The Hall–Kier alpha value is 0.0700. The Morgan fingerprint density at radius 3 is 2.32 bits per heavy atom. The minimum atomic E-state index is -4.39. The van der Waals surface area contributed by atoms with Crippen LogP contribution in [-0.4, -0.2) is 27.1 Å². The van der Waals surface area contributed by atoms with Crippen LogP contribution < -0.4 is 0 Å². The molecule has 0 saturated heterocycles. The van der Waals surface area contributed by atoms with E-state index in [4.69, 9.17) is 14.3 Å². The maximum atomic E-state index is 11.2. The smallest absolute Gasteiger partial charge is 0.393 e. The summed E-state index contributed by atoms with van der Waals surface area (Å²) >= 11 is 0. The van der Waals surface area contributed by atoms with Gasteiger partial charge in [0.2, 0.25) is 0 Å². The van der Waals surface area contributed by atoms with Crippen molar-refractivity contribution in [3.05, 3.63) is 0 Å². The van der Waals surface area contributed by atoms with E-state index < -0.39 is 7.82 Å². The molecule has 144 valence electrons. The van der Waals surface area contributed by atoms with Gasteiger partial charge in [-0.2, -0.15) is 0 Å². The zero-order valence-corrected chi connectivity index (χ0v) is 16.3. The van der Waals surface area contributed by atoms with Crippen molar-refractivity contribution >= 4 is 7.82 Å². The van der Waals surface area contributed by atoms with Crippen molar-refractivity contribution in [2.24, 2.45) is 34.5 Å². The number of phosphoric acid groups is 1. The van der Waals surface area contributed by atoms with Gasteiger partial charge in [-0.1, -0.05) is 13.8 Å². The molecule has 0 amide bonds. The number of rotatable bonds is 2. The first-order valence-electron chi connectivity index (χ1n) is 10.1. The van der Waals surface area contributed by atoms with Gasteiger partial charge in [0.15, 0.2) is 0 Å².